The van der Waals surface area contributed by atoms with Crippen LogP contribution in [0, 0.1) is 0 Å². The maximum atomic E-state index is 12.0. The van der Waals surface area contributed by atoms with Crippen molar-refractivity contribution in [3.8, 4) is 0 Å². The van der Waals surface area contributed by atoms with Crippen molar-refractivity contribution in [3.05, 3.63) is 35.9 Å². The van der Waals surface area contributed by atoms with E-state index in [9.17, 15) is 13.2 Å². The summed E-state index contributed by atoms with van der Waals surface area (Å²) in [5.74, 6) is -0.215. The number of sulfone groups is 1. The molecule has 0 unspecified atom stereocenters. The monoisotopic (exact) mass is 297 g/mol. The maximum absolute atomic E-state index is 12.0. The Kier molecular flexibility index (Phi) is 5.14. The Morgan fingerprint density at radius 2 is 1.80 bits per heavy atom. The molecule has 1 aromatic rings. The molecule has 2 rings (SSSR count). The van der Waals surface area contributed by atoms with Crippen molar-refractivity contribution in [2.75, 3.05) is 32.1 Å². The van der Waals surface area contributed by atoms with Crippen molar-refractivity contribution >= 4 is 15.7 Å². The zero-order valence-electron chi connectivity index (χ0n) is 11.3. The smallest absolute Gasteiger partial charge is 0.223 e. The van der Waals surface area contributed by atoms with Gasteiger partial charge in [-0.2, -0.15) is 0 Å². The first-order valence-corrected chi connectivity index (χ1v) is 8.49. The van der Waals surface area contributed by atoms with E-state index in [1.54, 1.807) is 17.0 Å². The number of hydrogen-bond acceptors (Lipinski definition) is 4. The largest absolute Gasteiger partial charge is 0.378 e. The van der Waals surface area contributed by atoms with E-state index in [2.05, 4.69) is 0 Å². The molecule has 20 heavy (non-hydrogen) atoms. The highest BCUT2D eigenvalue weighted by atomic mass is 32.2. The summed E-state index contributed by atoms with van der Waals surface area (Å²) in [6.45, 7) is 2.17. The molecule has 1 aliphatic rings. The van der Waals surface area contributed by atoms with Gasteiger partial charge in [-0.05, 0) is 5.56 Å². The lowest BCUT2D eigenvalue weighted by atomic mass is 10.2. The molecule has 0 aliphatic carbocycles. The summed E-state index contributed by atoms with van der Waals surface area (Å²) < 4.78 is 29.1. The lowest BCUT2D eigenvalue weighted by Crippen LogP contribution is -2.41. The molecule has 6 heteroatoms. The van der Waals surface area contributed by atoms with Crippen LogP contribution in [-0.2, 0) is 25.1 Å². The molecule has 0 spiro atoms. The molecule has 5 nitrogen and oxygen atoms in total. The first-order chi connectivity index (χ1) is 9.57. The summed E-state index contributed by atoms with van der Waals surface area (Å²) >= 11 is 0. The number of hydrogen-bond donors (Lipinski definition) is 0. The molecule has 0 saturated carbocycles. The van der Waals surface area contributed by atoms with E-state index in [1.807, 2.05) is 18.2 Å². The quantitative estimate of drug-likeness (QED) is 0.808. The summed E-state index contributed by atoms with van der Waals surface area (Å²) in [5.41, 5.74) is 0.756. The molecule has 0 bridgehead atoms. The first kappa shape index (κ1) is 15.0. The Balaban J connectivity index is 1.84. The van der Waals surface area contributed by atoms with Crippen molar-refractivity contribution in [3.63, 3.8) is 0 Å². The third kappa shape index (κ3) is 4.61. The fourth-order valence-electron chi connectivity index (χ4n) is 2.11. The van der Waals surface area contributed by atoms with Crippen LogP contribution in [0.4, 0.5) is 0 Å². The molecule has 1 fully saturated rings. The van der Waals surface area contributed by atoms with Gasteiger partial charge in [-0.25, -0.2) is 8.42 Å². The van der Waals surface area contributed by atoms with Crippen molar-refractivity contribution in [1.29, 1.82) is 0 Å². The van der Waals surface area contributed by atoms with Gasteiger partial charge in [-0.1, -0.05) is 30.3 Å². The van der Waals surface area contributed by atoms with Crippen LogP contribution in [0.2, 0.25) is 0 Å². The van der Waals surface area contributed by atoms with E-state index in [0.29, 0.717) is 26.3 Å². The molecular formula is C14H19NO4S. The minimum absolute atomic E-state index is 0.00969. The number of morpholine rings is 1. The Hall–Kier alpha value is -1.40. The topological polar surface area (TPSA) is 63.7 Å². The Labute approximate surface area is 119 Å². The number of benzene rings is 1. The van der Waals surface area contributed by atoms with Crippen LogP contribution in [0.3, 0.4) is 0 Å². The minimum Gasteiger partial charge on any atom is -0.378 e. The number of rotatable bonds is 5. The fraction of sp³-hybridized carbons (Fsp3) is 0.500. The van der Waals surface area contributed by atoms with Gasteiger partial charge >= 0.3 is 0 Å². The normalized spacial score (nSPS) is 16.1. The van der Waals surface area contributed by atoms with Gasteiger partial charge < -0.3 is 9.64 Å². The van der Waals surface area contributed by atoms with Gasteiger partial charge in [0.25, 0.3) is 0 Å². The summed E-state index contributed by atoms with van der Waals surface area (Å²) in [6.07, 6.45) is 0.0508. The number of nitrogens with zero attached hydrogens (tertiary/aromatic N) is 1. The zero-order valence-corrected chi connectivity index (χ0v) is 12.1. The summed E-state index contributed by atoms with van der Waals surface area (Å²) in [5, 5.41) is 0. The van der Waals surface area contributed by atoms with Crippen LogP contribution >= 0.6 is 0 Å². The molecule has 1 heterocycles. The van der Waals surface area contributed by atoms with Crippen LogP contribution in [0.15, 0.2) is 30.3 Å². The predicted octanol–water partition coefficient (Wildman–Crippen LogP) is 0.850. The van der Waals surface area contributed by atoms with Crippen molar-refractivity contribution < 1.29 is 17.9 Å². The molecule has 1 amide bonds. The van der Waals surface area contributed by atoms with Gasteiger partial charge in [0.1, 0.15) is 0 Å². The SMILES string of the molecule is O=C(CCS(=O)(=O)Cc1ccccc1)N1CCOCC1. The highest BCUT2D eigenvalue weighted by molar-refractivity contribution is 7.90. The van der Waals surface area contributed by atoms with Crippen LogP contribution in [0.5, 0.6) is 0 Å². The standard InChI is InChI=1S/C14H19NO4S/c16-14(15-7-9-19-10-8-15)6-11-20(17,18)12-13-4-2-1-3-5-13/h1-5H,6-12H2. The van der Waals surface area contributed by atoms with Crippen LogP contribution < -0.4 is 0 Å². The van der Waals surface area contributed by atoms with Gasteiger partial charge in [0.05, 0.1) is 24.7 Å². The van der Waals surface area contributed by atoms with Gasteiger partial charge in [-0.3, -0.25) is 4.79 Å². The molecule has 1 aromatic carbocycles. The Morgan fingerprint density at radius 3 is 2.45 bits per heavy atom. The second-order valence-electron chi connectivity index (χ2n) is 4.82. The van der Waals surface area contributed by atoms with Crippen molar-refractivity contribution in [1.82, 2.24) is 4.90 Å². The molecule has 1 saturated heterocycles. The molecule has 0 radical (unpaired) electrons. The third-order valence-corrected chi connectivity index (χ3v) is 4.82. The molecule has 1 aliphatic heterocycles. The first-order valence-electron chi connectivity index (χ1n) is 6.67. The highest BCUT2D eigenvalue weighted by Gasteiger charge is 2.20. The average Bonchev–Trinajstić information content (AvgIpc) is 2.46. The summed E-state index contributed by atoms with van der Waals surface area (Å²) in [4.78, 5) is 13.6. The lowest BCUT2D eigenvalue weighted by molar-refractivity contribution is -0.134. The van der Waals surface area contributed by atoms with E-state index in [1.165, 1.54) is 0 Å². The molecule has 110 valence electrons. The lowest BCUT2D eigenvalue weighted by Gasteiger charge is -2.26. The number of carbonyl (C=O) groups is 1. The molecule has 0 aromatic heterocycles. The summed E-state index contributed by atoms with van der Waals surface area (Å²) in [6, 6.07) is 9.02. The second-order valence-corrected chi connectivity index (χ2v) is 7.00. The average molecular weight is 297 g/mol. The Morgan fingerprint density at radius 1 is 1.15 bits per heavy atom. The van der Waals surface area contributed by atoms with Gasteiger partial charge in [-0.15, -0.1) is 0 Å². The van der Waals surface area contributed by atoms with Crippen molar-refractivity contribution in [2.45, 2.75) is 12.2 Å². The van der Waals surface area contributed by atoms with Crippen LogP contribution in [0.1, 0.15) is 12.0 Å². The van der Waals surface area contributed by atoms with Gasteiger partial charge in [0.15, 0.2) is 9.84 Å². The zero-order chi connectivity index (χ0) is 14.4. The number of carbonyl (C=O) groups excluding carboxylic acids is 1. The second kappa shape index (κ2) is 6.85. The molecular weight excluding hydrogens is 278 g/mol. The van der Waals surface area contributed by atoms with E-state index in [0.717, 1.165) is 5.56 Å². The van der Waals surface area contributed by atoms with Gasteiger partial charge in [0.2, 0.25) is 5.91 Å². The number of amides is 1. The van der Waals surface area contributed by atoms with Crippen LogP contribution in [-0.4, -0.2) is 51.3 Å². The summed E-state index contributed by atoms with van der Waals surface area (Å²) in [7, 11) is -3.25. The van der Waals surface area contributed by atoms with E-state index in [4.69, 9.17) is 4.74 Å². The van der Waals surface area contributed by atoms with E-state index in [-0.39, 0.29) is 23.8 Å². The highest BCUT2D eigenvalue weighted by Crippen LogP contribution is 2.08. The van der Waals surface area contributed by atoms with Crippen LogP contribution in [0.25, 0.3) is 0 Å². The number of ether oxygens (including phenoxy) is 1. The van der Waals surface area contributed by atoms with Gasteiger partial charge in [0, 0.05) is 19.5 Å². The van der Waals surface area contributed by atoms with E-state index >= 15 is 0 Å². The van der Waals surface area contributed by atoms with E-state index < -0.39 is 9.84 Å². The molecule has 0 N–H and O–H groups in total. The maximum Gasteiger partial charge on any atom is 0.223 e. The predicted molar refractivity (Wildman–Crippen MR) is 75.9 cm³/mol. The Bertz CT molecular complexity index is 536. The molecule has 0 atom stereocenters. The fourth-order valence-corrected chi connectivity index (χ4v) is 3.44. The minimum atomic E-state index is -3.25. The van der Waals surface area contributed by atoms with Crippen molar-refractivity contribution in [2.24, 2.45) is 0 Å². The third-order valence-electron chi connectivity index (χ3n) is 3.22.